The Hall–Kier alpha value is -2.66. The highest BCUT2D eigenvalue weighted by molar-refractivity contribution is 5.26. The predicted molar refractivity (Wildman–Crippen MR) is 130 cm³/mol. The van der Waals surface area contributed by atoms with Crippen LogP contribution in [0.15, 0.2) is 61.1 Å². The van der Waals surface area contributed by atoms with E-state index in [1.807, 2.05) is 25.4 Å². The molecule has 0 aliphatic carbocycles. The number of likely N-dealkylation sites (tertiary alicyclic amines) is 1. The molecule has 0 N–H and O–H groups in total. The standard InChI is InChI=1S/C28H35FN4/c1-20-9-10-23(18-31-20)27(4,5)33-21(2)16-28(17-22(33)3,26-8-6-7-15-30-26)14-13-25-12-11-24(29)19-32-25/h6-12,15,18-19,21-22H,13-14,16-17H2,1-5H3/t21-,22-/m0/s1. The Morgan fingerprint density at radius 3 is 2.30 bits per heavy atom. The normalized spacial score (nSPS) is 24.1. The second kappa shape index (κ2) is 9.30. The van der Waals surface area contributed by atoms with Crippen molar-refractivity contribution in [2.45, 2.75) is 83.3 Å². The van der Waals surface area contributed by atoms with Crippen LogP contribution in [0.3, 0.4) is 0 Å². The van der Waals surface area contributed by atoms with Crippen LogP contribution >= 0.6 is 0 Å². The molecular weight excluding hydrogens is 411 g/mol. The van der Waals surface area contributed by atoms with Gasteiger partial charge in [-0.2, -0.15) is 0 Å². The number of halogens is 1. The molecule has 0 saturated carbocycles. The first-order valence-electron chi connectivity index (χ1n) is 11.9. The molecule has 1 saturated heterocycles. The average molecular weight is 447 g/mol. The molecule has 0 aromatic carbocycles. The summed E-state index contributed by atoms with van der Waals surface area (Å²) >= 11 is 0. The van der Waals surface area contributed by atoms with E-state index in [1.54, 1.807) is 6.07 Å². The van der Waals surface area contributed by atoms with E-state index in [9.17, 15) is 4.39 Å². The Morgan fingerprint density at radius 1 is 0.970 bits per heavy atom. The van der Waals surface area contributed by atoms with E-state index in [4.69, 9.17) is 4.98 Å². The van der Waals surface area contributed by atoms with Gasteiger partial charge in [0.25, 0.3) is 0 Å². The average Bonchev–Trinajstić information content (AvgIpc) is 2.79. The summed E-state index contributed by atoms with van der Waals surface area (Å²) in [6.07, 6.45) is 9.01. The van der Waals surface area contributed by atoms with Crippen LogP contribution < -0.4 is 0 Å². The summed E-state index contributed by atoms with van der Waals surface area (Å²) in [5.41, 5.74) is 4.19. The lowest BCUT2D eigenvalue weighted by Crippen LogP contribution is -2.59. The van der Waals surface area contributed by atoms with Gasteiger partial charge in [-0.15, -0.1) is 0 Å². The smallest absolute Gasteiger partial charge is 0.141 e. The van der Waals surface area contributed by atoms with Gasteiger partial charge in [-0.1, -0.05) is 12.1 Å². The number of hydrogen-bond acceptors (Lipinski definition) is 4. The summed E-state index contributed by atoms with van der Waals surface area (Å²) in [7, 11) is 0. The number of aromatic nitrogens is 3. The Labute approximate surface area is 197 Å². The fourth-order valence-electron chi connectivity index (χ4n) is 6.07. The van der Waals surface area contributed by atoms with Crippen molar-refractivity contribution in [3.8, 4) is 0 Å². The zero-order valence-electron chi connectivity index (χ0n) is 20.4. The number of hydrogen-bond donors (Lipinski definition) is 0. The topological polar surface area (TPSA) is 41.9 Å². The number of aryl methyl sites for hydroxylation is 2. The van der Waals surface area contributed by atoms with E-state index in [-0.39, 0.29) is 16.8 Å². The fraction of sp³-hybridized carbons (Fsp3) is 0.464. The van der Waals surface area contributed by atoms with E-state index >= 15 is 0 Å². The highest BCUT2D eigenvalue weighted by atomic mass is 19.1. The molecule has 2 atom stereocenters. The fourth-order valence-corrected chi connectivity index (χ4v) is 6.07. The quantitative estimate of drug-likeness (QED) is 0.466. The van der Waals surface area contributed by atoms with Crippen molar-refractivity contribution in [3.05, 3.63) is 89.5 Å². The molecule has 0 radical (unpaired) electrons. The zero-order valence-corrected chi connectivity index (χ0v) is 20.4. The van der Waals surface area contributed by atoms with Gasteiger partial charge in [0.15, 0.2) is 0 Å². The van der Waals surface area contributed by atoms with Gasteiger partial charge in [0.2, 0.25) is 0 Å². The minimum atomic E-state index is -0.290. The van der Waals surface area contributed by atoms with Gasteiger partial charge >= 0.3 is 0 Å². The van der Waals surface area contributed by atoms with Crippen molar-refractivity contribution >= 4 is 0 Å². The molecule has 0 spiro atoms. The monoisotopic (exact) mass is 446 g/mol. The predicted octanol–water partition coefficient (Wildman–Crippen LogP) is 6.00. The lowest BCUT2D eigenvalue weighted by atomic mass is 9.66. The maximum atomic E-state index is 13.4. The third-order valence-electron chi connectivity index (χ3n) is 7.44. The maximum Gasteiger partial charge on any atom is 0.141 e. The van der Waals surface area contributed by atoms with Crippen molar-refractivity contribution in [3.63, 3.8) is 0 Å². The van der Waals surface area contributed by atoms with Gasteiger partial charge in [0.05, 0.1) is 6.20 Å². The van der Waals surface area contributed by atoms with Gasteiger partial charge in [0.1, 0.15) is 5.82 Å². The summed E-state index contributed by atoms with van der Waals surface area (Å²) < 4.78 is 13.4. The zero-order chi connectivity index (χ0) is 23.6. The molecule has 5 heteroatoms. The number of nitrogens with zero attached hydrogens (tertiary/aromatic N) is 4. The largest absolute Gasteiger partial charge is 0.289 e. The lowest BCUT2D eigenvalue weighted by molar-refractivity contribution is -0.0299. The van der Waals surface area contributed by atoms with Gasteiger partial charge in [-0.3, -0.25) is 19.9 Å². The van der Waals surface area contributed by atoms with Crippen LogP contribution in [0.4, 0.5) is 4.39 Å². The molecule has 4 nitrogen and oxygen atoms in total. The van der Waals surface area contributed by atoms with Crippen molar-refractivity contribution in [2.24, 2.45) is 0 Å². The summed E-state index contributed by atoms with van der Waals surface area (Å²) in [4.78, 5) is 16.3. The van der Waals surface area contributed by atoms with E-state index in [1.165, 1.54) is 17.8 Å². The summed E-state index contributed by atoms with van der Waals surface area (Å²) in [5, 5.41) is 0. The Kier molecular flexibility index (Phi) is 6.62. The molecule has 0 bridgehead atoms. The van der Waals surface area contributed by atoms with Gasteiger partial charge in [0, 0.05) is 52.5 Å². The third-order valence-corrected chi connectivity index (χ3v) is 7.44. The van der Waals surface area contributed by atoms with Crippen LogP contribution in [0.25, 0.3) is 0 Å². The molecule has 1 aliphatic rings. The molecule has 174 valence electrons. The van der Waals surface area contributed by atoms with E-state index in [0.29, 0.717) is 12.1 Å². The van der Waals surface area contributed by atoms with Crippen molar-refractivity contribution in [1.82, 2.24) is 19.9 Å². The van der Waals surface area contributed by atoms with Gasteiger partial charge in [-0.25, -0.2) is 4.39 Å². The Bertz CT molecular complexity index is 1040. The van der Waals surface area contributed by atoms with Crippen LogP contribution in [0.5, 0.6) is 0 Å². The number of piperidine rings is 1. The summed E-state index contributed by atoms with van der Waals surface area (Å²) in [5.74, 6) is -0.290. The second-order valence-corrected chi connectivity index (χ2v) is 10.2. The van der Waals surface area contributed by atoms with Gasteiger partial charge < -0.3 is 0 Å². The molecule has 1 fully saturated rings. The molecule has 0 amide bonds. The molecule has 1 aliphatic heterocycles. The molecule has 4 rings (SSSR count). The van der Waals surface area contributed by atoms with Crippen LogP contribution in [-0.2, 0) is 17.4 Å². The highest BCUT2D eigenvalue weighted by Crippen LogP contribution is 2.47. The van der Waals surface area contributed by atoms with E-state index < -0.39 is 0 Å². The minimum Gasteiger partial charge on any atom is -0.289 e. The first-order valence-corrected chi connectivity index (χ1v) is 11.9. The molecule has 33 heavy (non-hydrogen) atoms. The summed E-state index contributed by atoms with van der Waals surface area (Å²) in [6.45, 7) is 11.3. The van der Waals surface area contributed by atoms with Crippen molar-refractivity contribution in [2.75, 3.05) is 0 Å². The van der Waals surface area contributed by atoms with Crippen molar-refractivity contribution < 1.29 is 4.39 Å². The summed E-state index contributed by atoms with van der Waals surface area (Å²) in [6, 6.07) is 14.6. The third kappa shape index (κ3) is 4.84. The minimum absolute atomic E-state index is 0.0474. The lowest BCUT2D eigenvalue weighted by Gasteiger charge is -2.55. The number of pyridine rings is 3. The Balaban J connectivity index is 1.63. The first kappa shape index (κ1) is 23.5. The number of rotatable bonds is 6. The van der Waals surface area contributed by atoms with E-state index in [0.717, 1.165) is 42.8 Å². The van der Waals surface area contributed by atoms with Crippen LogP contribution in [0.2, 0.25) is 0 Å². The maximum absolute atomic E-state index is 13.4. The van der Waals surface area contributed by atoms with Gasteiger partial charge in [-0.05, 0) is 96.2 Å². The first-order chi connectivity index (χ1) is 15.7. The molecule has 3 aromatic heterocycles. The molecular formula is C28H35FN4. The SMILES string of the molecule is Cc1ccc(C(C)(C)N2[C@@H](C)CC(CCc3ccc(F)cn3)(c3ccccn3)C[C@@H]2C)cn1. The van der Waals surface area contributed by atoms with Crippen LogP contribution in [0, 0.1) is 12.7 Å². The molecule has 3 aromatic rings. The Morgan fingerprint density at radius 2 is 1.73 bits per heavy atom. The van der Waals surface area contributed by atoms with Crippen LogP contribution in [0.1, 0.15) is 69.6 Å². The molecule has 4 heterocycles. The van der Waals surface area contributed by atoms with Crippen LogP contribution in [-0.4, -0.2) is 31.9 Å². The van der Waals surface area contributed by atoms with E-state index in [2.05, 4.69) is 66.8 Å². The van der Waals surface area contributed by atoms with Crippen molar-refractivity contribution in [1.29, 1.82) is 0 Å². The molecule has 0 unspecified atom stereocenters. The highest BCUT2D eigenvalue weighted by Gasteiger charge is 2.47. The second-order valence-electron chi connectivity index (χ2n) is 10.2.